The molecule has 1 aliphatic heterocycles. The summed E-state index contributed by atoms with van der Waals surface area (Å²) in [5.74, 6) is 3.43. The maximum Gasteiger partial charge on any atom is 0.178 e. The normalized spacial score (nSPS) is 17.3. The van der Waals surface area contributed by atoms with Crippen LogP contribution in [0.15, 0.2) is 30.3 Å². The van der Waals surface area contributed by atoms with Crippen LogP contribution in [0.25, 0.3) is 5.65 Å². The van der Waals surface area contributed by atoms with Gasteiger partial charge in [0.25, 0.3) is 0 Å². The Kier molecular flexibility index (Phi) is 4.61. The second kappa shape index (κ2) is 6.96. The Hall–Kier alpha value is -2.83. The van der Waals surface area contributed by atoms with Gasteiger partial charge in [0.2, 0.25) is 0 Å². The fraction of sp³-hybridized carbons (Fsp3) is 0.476. The van der Waals surface area contributed by atoms with Crippen molar-refractivity contribution in [1.82, 2.24) is 19.8 Å². The van der Waals surface area contributed by atoms with Crippen molar-refractivity contribution in [1.29, 1.82) is 0 Å². The molecule has 7 heteroatoms. The number of anilines is 1. The van der Waals surface area contributed by atoms with Gasteiger partial charge >= 0.3 is 0 Å². The first-order chi connectivity index (χ1) is 13.4. The van der Waals surface area contributed by atoms with E-state index < -0.39 is 0 Å². The fourth-order valence-electron chi connectivity index (χ4n) is 3.86. The Morgan fingerprint density at radius 3 is 2.57 bits per heavy atom. The SMILES string of the molecule is COc1ccc(C2CCCN2c2ccc3nnc(C(C)(C)C)n3n2)c(OC)c1. The second-order valence-corrected chi connectivity index (χ2v) is 8.19. The maximum atomic E-state index is 5.65. The molecule has 1 aliphatic rings. The number of rotatable bonds is 4. The van der Waals surface area contributed by atoms with E-state index in [-0.39, 0.29) is 11.5 Å². The minimum Gasteiger partial charge on any atom is -0.497 e. The number of methoxy groups -OCH3 is 2. The number of benzene rings is 1. The van der Waals surface area contributed by atoms with Gasteiger partial charge in [0.1, 0.15) is 17.3 Å². The third-order valence-corrected chi connectivity index (χ3v) is 5.27. The van der Waals surface area contributed by atoms with Gasteiger partial charge in [-0.2, -0.15) is 4.52 Å². The van der Waals surface area contributed by atoms with Crippen molar-refractivity contribution in [3.63, 3.8) is 0 Å². The molecular formula is C21H27N5O2. The second-order valence-electron chi connectivity index (χ2n) is 8.19. The molecule has 0 radical (unpaired) electrons. The van der Waals surface area contributed by atoms with Crippen LogP contribution >= 0.6 is 0 Å². The molecule has 7 nitrogen and oxygen atoms in total. The Morgan fingerprint density at radius 2 is 1.86 bits per heavy atom. The van der Waals surface area contributed by atoms with Gasteiger partial charge in [-0.3, -0.25) is 0 Å². The van der Waals surface area contributed by atoms with Gasteiger partial charge in [0, 0.05) is 23.6 Å². The van der Waals surface area contributed by atoms with Crippen LogP contribution in [0.3, 0.4) is 0 Å². The first-order valence-corrected chi connectivity index (χ1v) is 9.64. The number of ether oxygens (including phenoxy) is 2. The van der Waals surface area contributed by atoms with Gasteiger partial charge in [-0.25, -0.2) is 0 Å². The summed E-state index contributed by atoms with van der Waals surface area (Å²) in [5, 5.41) is 13.5. The van der Waals surface area contributed by atoms with Gasteiger partial charge in [0.05, 0.1) is 20.3 Å². The fourth-order valence-corrected chi connectivity index (χ4v) is 3.86. The van der Waals surface area contributed by atoms with E-state index in [0.717, 1.165) is 53.7 Å². The number of fused-ring (bicyclic) bond motifs is 1. The van der Waals surface area contributed by atoms with Crippen LogP contribution in [0.1, 0.15) is 51.0 Å². The zero-order valence-corrected chi connectivity index (χ0v) is 17.1. The summed E-state index contributed by atoms with van der Waals surface area (Å²) in [6, 6.07) is 10.3. The molecule has 28 heavy (non-hydrogen) atoms. The van der Waals surface area contributed by atoms with Crippen molar-refractivity contribution in [3.05, 3.63) is 41.7 Å². The quantitative estimate of drug-likeness (QED) is 0.685. The minimum atomic E-state index is -0.130. The lowest BCUT2D eigenvalue weighted by Gasteiger charge is -2.27. The van der Waals surface area contributed by atoms with Crippen molar-refractivity contribution in [3.8, 4) is 11.5 Å². The lowest BCUT2D eigenvalue weighted by molar-refractivity contribution is 0.388. The van der Waals surface area contributed by atoms with Crippen molar-refractivity contribution < 1.29 is 9.47 Å². The molecule has 1 aromatic carbocycles. The van der Waals surface area contributed by atoms with E-state index in [4.69, 9.17) is 14.6 Å². The molecule has 3 aromatic rings. The number of aromatic nitrogens is 4. The van der Waals surface area contributed by atoms with Crippen molar-refractivity contribution in [2.45, 2.75) is 45.1 Å². The molecule has 0 spiro atoms. The zero-order valence-electron chi connectivity index (χ0n) is 17.1. The van der Waals surface area contributed by atoms with E-state index >= 15 is 0 Å². The van der Waals surface area contributed by atoms with Crippen LogP contribution < -0.4 is 14.4 Å². The van der Waals surface area contributed by atoms with Gasteiger partial charge in [0.15, 0.2) is 11.5 Å². The highest BCUT2D eigenvalue weighted by Gasteiger charge is 2.30. The summed E-state index contributed by atoms with van der Waals surface area (Å²) in [6.07, 6.45) is 2.16. The Labute approximate surface area is 165 Å². The molecule has 1 fully saturated rings. The Morgan fingerprint density at radius 1 is 1.04 bits per heavy atom. The third-order valence-electron chi connectivity index (χ3n) is 5.27. The summed E-state index contributed by atoms with van der Waals surface area (Å²) >= 11 is 0. The van der Waals surface area contributed by atoms with E-state index in [0.29, 0.717) is 0 Å². The van der Waals surface area contributed by atoms with Crippen LogP contribution in [0, 0.1) is 0 Å². The summed E-state index contributed by atoms with van der Waals surface area (Å²) < 4.78 is 12.9. The highest BCUT2D eigenvalue weighted by Crippen LogP contribution is 2.40. The van der Waals surface area contributed by atoms with E-state index in [1.807, 2.05) is 28.8 Å². The lowest BCUT2D eigenvalue weighted by Crippen LogP contribution is -2.25. The molecule has 0 saturated carbocycles. The Bertz CT molecular complexity index is 992. The summed E-state index contributed by atoms with van der Waals surface area (Å²) in [5.41, 5.74) is 1.79. The van der Waals surface area contributed by atoms with Crippen LogP contribution in [0.5, 0.6) is 11.5 Å². The van der Waals surface area contributed by atoms with Gasteiger partial charge in [-0.15, -0.1) is 15.3 Å². The van der Waals surface area contributed by atoms with Crippen LogP contribution in [0.2, 0.25) is 0 Å². The maximum absolute atomic E-state index is 5.65. The molecular weight excluding hydrogens is 354 g/mol. The number of nitrogens with zero attached hydrogens (tertiary/aromatic N) is 5. The predicted octanol–water partition coefficient (Wildman–Crippen LogP) is 3.78. The molecule has 1 atom stereocenters. The first kappa shape index (κ1) is 18.5. The van der Waals surface area contributed by atoms with Crippen LogP contribution in [0.4, 0.5) is 5.82 Å². The minimum absolute atomic E-state index is 0.130. The van der Waals surface area contributed by atoms with Gasteiger partial charge in [-0.05, 0) is 37.1 Å². The highest BCUT2D eigenvalue weighted by molar-refractivity contribution is 5.52. The average molecular weight is 381 g/mol. The molecule has 4 rings (SSSR count). The smallest absolute Gasteiger partial charge is 0.178 e. The lowest BCUT2D eigenvalue weighted by atomic mass is 9.96. The van der Waals surface area contributed by atoms with E-state index in [1.54, 1.807) is 14.2 Å². The third kappa shape index (κ3) is 3.15. The zero-order chi connectivity index (χ0) is 19.9. The van der Waals surface area contributed by atoms with E-state index in [2.05, 4.69) is 41.9 Å². The molecule has 3 heterocycles. The largest absolute Gasteiger partial charge is 0.497 e. The van der Waals surface area contributed by atoms with E-state index in [9.17, 15) is 0 Å². The van der Waals surface area contributed by atoms with Crippen LogP contribution in [-0.2, 0) is 5.41 Å². The molecule has 0 N–H and O–H groups in total. The van der Waals surface area contributed by atoms with Crippen molar-refractivity contribution >= 4 is 11.5 Å². The van der Waals surface area contributed by atoms with Gasteiger partial charge in [-0.1, -0.05) is 20.8 Å². The topological polar surface area (TPSA) is 64.8 Å². The monoisotopic (exact) mass is 381 g/mol. The molecule has 1 unspecified atom stereocenters. The number of hydrogen-bond acceptors (Lipinski definition) is 6. The average Bonchev–Trinajstić information content (AvgIpc) is 3.33. The van der Waals surface area contributed by atoms with Crippen molar-refractivity contribution in [2.75, 3.05) is 25.7 Å². The van der Waals surface area contributed by atoms with Crippen LogP contribution in [-0.4, -0.2) is 40.6 Å². The first-order valence-electron chi connectivity index (χ1n) is 9.64. The van der Waals surface area contributed by atoms with E-state index in [1.165, 1.54) is 0 Å². The molecule has 0 bridgehead atoms. The molecule has 1 saturated heterocycles. The molecule has 2 aromatic heterocycles. The standard InChI is InChI=1S/C21H27N5O2/c1-21(2,3)20-23-22-18-10-11-19(24-26(18)20)25-12-6-7-16(25)15-9-8-14(27-4)13-17(15)28-5/h8-11,13,16H,6-7,12H2,1-5H3. The summed E-state index contributed by atoms with van der Waals surface area (Å²) in [6.45, 7) is 7.32. The molecule has 0 aliphatic carbocycles. The highest BCUT2D eigenvalue weighted by atomic mass is 16.5. The predicted molar refractivity (Wildman–Crippen MR) is 108 cm³/mol. The number of hydrogen-bond donors (Lipinski definition) is 0. The van der Waals surface area contributed by atoms with Crippen molar-refractivity contribution in [2.24, 2.45) is 0 Å². The Balaban J connectivity index is 1.75. The van der Waals surface area contributed by atoms with Gasteiger partial charge < -0.3 is 14.4 Å². The summed E-state index contributed by atoms with van der Waals surface area (Å²) in [7, 11) is 3.37. The molecule has 0 amide bonds. The summed E-state index contributed by atoms with van der Waals surface area (Å²) in [4.78, 5) is 2.34. The molecule has 148 valence electrons.